The minimum atomic E-state index is -3.18. The van der Waals surface area contributed by atoms with Crippen LogP contribution in [0.15, 0.2) is 12.1 Å². The number of Topliss-reactive ketones (excluding diaryl/α,β-unsaturated/α-hetero) is 2. The second kappa shape index (κ2) is 9.89. The Labute approximate surface area is 217 Å². The van der Waals surface area contributed by atoms with Gasteiger partial charge in [0.05, 0.1) is 24.2 Å². The predicted octanol–water partition coefficient (Wildman–Crippen LogP) is 4.64. The van der Waals surface area contributed by atoms with Crippen molar-refractivity contribution in [3.8, 4) is 5.75 Å². The molecule has 1 aromatic carbocycles. The summed E-state index contributed by atoms with van der Waals surface area (Å²) in [7, 11) is 0. The van der Waals surface area contributed by atoms with E-state index in [4.69, 9.17) is 9.47 Å². The Hall–Kier alpha value is -2.53. The lowest BCUT2D eigenvalue weighted by atomic mass is 9.55. The monoisotopic (exact) mass is 541 g/mol. The zero-order chi connectivity index (χ0) is 27.3. The molecule has 38 heavy (non-hydrogen) atoms. The molecule has 208 valence electrons. The van der Waals surface area contributed by atoms with Crippen LogP contribution in [0.25, 0.3) is 0 Å². The van der Waals surface area contributed by atoms with Gasteiger partial charge in [-0.3, -0.25) is 14.4 Å². The highest BCUT2D eigenvalue weighted by Crippen LogP contribution is 2.54. The minimum absolute atomic E-state index is 0.0566. The number of hydrogen-bond acceptors (Lipinski definition) is 6. The van der Waals surface area contributed by atoms with Gasteiger partial charge in [-0.05, 0) is 50.0 Å². The molecule has 1 amide bonds. The molecule has 1 heterocycles. The number of benzene rings is 1. The van der Waals surface area contributed by atoms with Gasteiger partial charge in [0.2, 0.25) is 5.91 Å². The van der Waals surface area contributed by atoms with Crippen molar-refractivity contribution in [2.75, 3.05) is 6.61 Å². The van der Waals surface area contributed by atoms with E-state index in [0.717, 1.165) is 31.4 Å². The van der Waals surface area contributed by atoms with Gasteiger partial charge < -0.3 is 19.5 Å². The first kappa shape index (κ1) is 27.1. The molecular formula is C27H31F4NO6. The third-order valence-corrected chi connectivity index (χ3v) is 8.55. The number of carbonyl (C=O) groups excluding carboxylic acids is 3. The number of ether oxygens (including phenoxy) is 3. The molecule has 0 radical (unpaired) electrons. The lowest BCUT2D eigenvalue weighted by Crippen LogP contribution is -2.58. The Morgan fingerprint density at radius 3 is 2.32 bits per heavy atom. The van der Waals surface area contributed by atoms with E-state index >= 15 is 0 Å². The van der Waals surface area contributed by atoms with Crippen LogP contribution in [0, 0.1) is 17.0 Å². The largest absolute Gasteiger partial charge is 0.481 e. The molecule has 5 aliphatic rings. The normalized spacial score (nSPS) is 32.2. The van der Waals surface area contributed by atoms with E-state index in [1.54, 1.807) is 0 Å². The molecule has 2 bridgehead atoms. The fourth-order valence-electron chi connectivity index (χ4n) is 6.26. The maximum atomic E-state index is 13.6. The molecule has 0 unspecified atom stereocenters. The molecule has 1 aliphatic heterocycles. The van der Waals surface area contributed by atoms with Gasteiger partial charge in [-0.2, -0.15) is 8.78 Å². The Balaban J connectivity index is 1.08. The van der Waals surface area contributed by atoms with Crippen LogP contribution in [0.4, 0.5) is 17.6 Å². The van der Waals surface area contributed by atoms with Crippen molar-refractivity contribution in [3.63, 3.8) is 0 Å². The molecule has 4 saturated carbocycles. The minimum Gasteiger partial charge on any atom is -0.481 e. The number of alkyl halides is 2. The van der Waals surface area contributed by atoms with Crippen LogP contribution in [-0.4, -0.2) is 54.0 Å². The fourth-order valence-corrected chi connectivity index (χ4v) is 6.26. The lowest BCUT2D eigenvalue weighted by Gasteiger charge is -2.53. The first-order valence-electron chi connectivity index (χ1n) is 13.0. The molecule has 4 aliphatic carbocycles. The molecular weight excluding hydrogens is 510 g/mol. The zero-order valence-corrected chi connectivity index (χ0v) is 21.1. The van der Waals surface area contributed by atoms with Crippen LogP contribution in [0.5, 0.6) is 5.75 Å². The predicted molar refractivity (Wildman–Crippen MR) is 125 cm³/mol. The number of fused-ring (bicyclic) bond motifs is 4. The van der Waals surface area contributed by atoms with E-state index in [2.05, 4.69) is 10.1 Å². The van der Waals surface area contributed by atoms with Crippen molar-refractivity contribution in [1.82, 2.24) is 5.32 Å². The van der Waals surface area contributed by atoms with Crippen LogP contribution in [0.2, 0.25) is 0 Å². The van der Waals surface area contributed by atoms with Gasteiger partial charge in [0.1, 0.15) is 12.4 Å². The van der Waals surface area contributed by atoms with Crippen molar-refractivity contribution >= 4 is 17.5 Å². The summed E-state index contributed by atoms with van der Waals surface area (Å²) in [4.78, 5) is 38.1. The summed E-state index contributed by atoms with van der Waals surface area (Å²) < 4.78 is 68.6. The van der Waals surface area contributed by atoms with Crippen LogP contribution in [0.1, 0.15) is 81.5 Å². The van der Waals surface area contributed by atoms with Crippen LogP contribution < -0.4 is 10.1 Å². The fraction of sp³-hybridized carbons (Fsp3) is 0.667. The number of halogens is 4. The van der Waals surface area contributed by atoms with E-state index in [-0.39, 0.29) is 59.5 Å². The number of rotatable bonds is 9. The van der Waals surface area contributed by atoms with Crippen LogP contribution in [0.3, 0.4) is 0 Å². The van der Waals surface area contributed by atoms with E-state index in [0.29, 0.717) is 39.0 Å². The average Bonchev–Trinajstić information content (AvgIpc) is 2.82. The number of carbonyl (C=O) groups is 3. The van der Waals surface area contributed by atoms with Gasteiger partial charge in [-0.25, -0.2) is 8.78 Å². The van der Waals surface area contributed by atoms with Crippen molar-refractivity contribution < 1.29 is 46.2 Å². The molecule has 1 aromatic rings. The zero-order valence-electron chi connectivity index (χ0n) is 21.1. The Kier molecular flexibility index (Phi) is 7.04. The van der Waals surface area contributed by atoms with Gasteiger partial charge in [-0.1, -0.05) is 0 Å². The maximum absolute atomic E-state index is 13.6. The molecule has 1 N–H and O–H groups in total. The van der Waals surface area contributed by atoms with Crippen molar-refractivity contribution in [2.24, 2.45) is 5.41 Å². The van der Waals surface area contributed by atoms with E-state index in [1.807, 2.05) is 0 Å². The van der Waals surface area contributed by atoms with Gasteiger partial charge >= 0.3 is 6.11 Å². The smallest absolute Gasteiger partial charge is 0.353 e. The summed E-state index contributed by atoms with van der Waals surface area (Å²) in [6.07, 6.45) is -0.0993. The van der Waals surface area contributed by atoms with E-state index in [9.17, 15) is 31.9 Å². The van der Waals surface area contributed by atoms with E-state index < -0.39 is 35.7 Å². The maximum Gasteiger partial charge on any atom is 0.353 e. The molecule has 0 saturated heterocycles. The molecule has 6 rings (SSSR count). The summed E-state index contributed by atoms with van der Waals surface area (Å²) >= 11 is 0. The molecule has 0 aromatic heterocycles. The number of nitrogens with one attached hydrogen (secondary N) is 1. The lowest BCUT2D eigenvalue weighted by molar-refractivity contribution is -0.275. The van der Waals surface area contributed by atoms with Crippen LogP contribution in [-0.2, 0) is 19.1 Å². The Morgan fingerprint density at radius 1 is 1.05 bits per heavy atom. The van der Waals surface area contributed by atoms with Gasteiger partial charge in [0.15, 0.2) is 29.3 Å². The number of ketones is 2. The molecule has 7 nitrogen and oxygen atoms in total. The standard InChI is InChI=1S/C27H31F4NO6/c1-25(30,31)38-16-8-15(9-16)36-14-24(35)32-27-5-2-26(3-6-27,4-7-27)13-21(34)23-12-20(33)17-10-18(28)19(29)11-22(17)37-23/h10-11,15-16,23H,2-9,12-14H2,1H3,(H,32,35)/t15?,16?,23-,26?,27?/m1/s1. The summed E-state index contributed by atoms with van der Waals surface area (Å²) in [5, 5.41) is 3.10. The molecule has 1 atom stereocenters. The highest BCUT2D eigenvalue weighted by atomic mass is 19.3. The van der Waals surface area contributed by atoms with Gasteiger partial charge in [0, 0.05) is 37.8 Å². The summed E-state index contributed by atoms with van der Waals surface area (Å²) in [6, 6.07) is 1.61. The molecule has 0 spiro atoms. The summed E-state index contributed by atoms with van der Waals surface area (Å²) in [5.41, 5.74) is -0.666. The molecule has 4 fully saturated rings. The first-order chi connectivity index (χ1) is 17.8. The first-order valence-corrected chi connectivity index (χ1v) is 13.0. The summed E-state index contributed by atoms with van der Waals surface area (Å²) in [6.45, 7) is 0.548. The number of hydrogen-bond donors (Lipinski definition) is 1. The summed E-state index contributed by atoms with van der Waals surface area (Å²) in [5.74, 6) is -3.33. The Bertz CT molecular complexity index is 1100. The highest BCUT2D eigenvalue weighted by molar-refractivity contribution is 6.03. The number of amides is 1. The Morgan fingerprint density at radius 2 is 1.68 bits per heavy atom. The van der Waals surface area contributed by atoms with Crippen molar-refractivity contribution in [1.29, 1.82) is 0 Å². The van der Waals surface area contributed by atoms with Crippen molar-refractivity contribution in [3.05, 3.63) is 29.3 Å². The van der Waals surface area contributed by atoms with Crippen LogP contribution >= 0.6 is 0 Å². The topological polar surface area (TPSA) is 90.9 Å². The molecule has 11 heteroatoms. The van der Waals surface area contributed by atoms with E-state index in [1.165, 1.54) is 0 Å². The third-order valence-electron chi connectivity index (χ3n) is 8.55. The highest BCUT2D eigenvalue weighted by Gasteiger charge is 2.51. The van der Waals surface area contributed by atoms with Crippen molar-refractivity contribution in [2.45, 2.75) is 101 Å². The second-order valence-electron chi connectivity index (χ2n) is 11.4. The van der Waals surface area contributed by atoms with Gasteiger partial charge in [-0.15, -0.1) is 0 Å². The average molecular weight is 542 g/mol. The third kappa shape index (κ3) is 5.73. The SMILES string of the molecule is CC(F)(F)OC1CC(OCC(=O)NC23CCC(CC(=O)[C@H]4CC(=O)c5cc(F)c(F)cc5O4)(CC2)CC3)C1. The van der Waals surface area contributed by atoms with Gasteiger partial charge in [0.25, 0.3) is 0 Å². The quantitative estimate of drug-likeness (QED) is 0.458. The second-order valence-corrected chi connectivity index (χ2v) is 11.4.